The first-order valence-corrected chi connectivity index (χ1v) is 9.98. The lowest BCUT2D eigenvalue weighted by molar-refractivity contribution is 0.322. The van der Waals surface area contributed by atoms with Crippen LogP contribution in [0.5, 0.6) is 5.75 Å². The maximum absolute atomic E-state index is 15.0. The van der Waals surface area contributed by atoms with Crippen molar-refractivity contribution in [2.24, 2.45) is 11.8 Å². The highest BCUT2D eigenvalue weighted by molar-refractivity contribution is 6.04. The Kier molecular flexibility index (Phi) is 4.11. The molecule has 2 atom stereocenters. The van der Waals surface area contributed by atoms with Crippen LogP contribution in [0.4, 0.5) is 13.2 Å². The highest BCUT2D eigenvalue weighted by Gasteiger charge is 2.35. The van der Waals surface area contributed by atoms with Gasteiger partial charge in [-0.25, -0.2) is 13.2 Å². The summed E-state index contributed by atoms with van der Waals surface area (Å²) in [6, 6.07) is 4.93. The van der Waals surface area contributed by atoms with Crippen molar-refractivity contribution in [3.05, 3.63) is 59.4 Å². The Morgan fingerprint density at radius 1 is 0.893 bits per heavy atom. The number of fused-ring (bicyclic) bond motifs is 5. The van der Waals surface area contributed by atoms with Gasteiger partial charge in [0.1, 0.15) is 0 Å². The highest BCUT2D eigenvalue weighted by atomic mass is 19.2. The third-order valence-corrected chi connectivity index (χ3v) is 6.26. The SMILES string of the molecule is CCOc1ccc2c(c1F)-c1c-2cc(C2=CC3CCCCC3C=C2)c(F)c1F. The molecule has 0 aromatic heterocycles. The monoisotopic (exact) mass is 382 g/mol. The number of halogens is 3. The van der Waals surface area contributed by atoms with Crippen LogP contribution in [0, 0.1) is 29.3 Å². The molecule has 0 spiro atoms. The maximum Gasteiger partial charge on any atom is 0.173 e. The van der Waals surface area contributed by atoms with Crippen LogP contribution in [0.2, 0.25) is 0 Å². The Morgan fingerprint density at radius 3 is 2.43 bits per heavy atom. The van der Waals surface area contributed by atoms with Crippen LogP contribution < -0.4 is 4.74 Å². The summed E-state index contributed by atoms with van der Waals surface area (Å²) >= 11 is 0. The summed E-state index contributed by atoms with van der Waals surface area (Å²) in [7, 11) is 0. The van der Waals surface area contributed by atoms with Gasteiger partial charge in [0.2, 0.25) is 0 Å². The fourth-order valence-electron chi connectivity index (χ4n) is 4.85. The molecule has 2 unspecified atom stereocenters. The second-order valence-corrected chi connectivity index (χ2v) is 7.80. The van der Waals surface area contributed by atoms with E-state index >= 15 is 0 Å². The Balaban J connectivity index is 1.58. The lowest BCUT2D eigenvalue weighted by Gasteiger charge is -2.31. The smallest absolute Gasteiger partial charge is 0.173 e. The fraction of sp³-hybridized carbons (Fsp3) is 0.333. The van der Waals surface area contributed by atoms with E-state index in [9.17, 15) is 13.2 Å². The number of allylic oxidation sites excluding steroid dienone is 4. The molecule has 2 aromatic rings. The van der Waals surface area contributed by atoms with E-state index in [4.69, 9.17) is 4.74 Å². The standard InChI is InChI=1S/C24H21F3O/c1-2-28-19-10-9-16-18-12-17(22(25)24(27)21(18)20(16)23(19)26)15-8-7-13-5-3-4-6-14(13)11-15/h7-14H,2-6H2,1H3. The number of benzene rings is 2. The molecule has 2 aromatic carbocycles. The molecule has 28 heavy (non-hydrogen) atoms. The second kappa shape index (κ2) is 6.54. The van der Waals surface area contributed by atoms with E-state index in [1.54, 1.807) is 25.1 Å². The summed E-state index contributed by atoms with van der Waals surface area (Å²) in [5, 5.41) is 0. The Bertz CT molecular complexity index is 1030. The number of ether oxygens (including phenoxy) is 1. The summed E-state index contributed by atoms with van der Waals surface area (Å²) < 4.78 is 49.8. The topological polar surface area (TPSA) is 9.23 Å². The molecule has 3 aliphatic carbocycles. The van der Waals surface area contributed by atoms with Crippen molar-refractivity contribution >= 4 is 5.57 Å². The van der Waals surface area contributed by atoms with Gasteiger partial charge < -0.3 is 4.74 Å². The molecule has 1 fully saturated rings. The average molecular weight is 382 g/mol. The Morgan fingerprint density at radius 2 is 1.64 bits per heavy atom. The van der Waals surface area contributed by atoms with Crippen molar-refractivity contribution in [3.8, 4) is 28.0 Å². The molecule has 0 amide bonds. The molecule has 0 bridgehead atoms. The Hall–Kier alpha value is -2.49. The molecule has 0 saturated heterocycles. The van der Waals surface area contributed by atoms with Gasteiger partial charge in [0.05, 0.1) is 6.61 Å². The van der Waals surface area contributed by atoms with E-state index in [1.807, 2.05) is 6.08 Å². The molecule has 0 radical (unpaired) electrons. The summed E-state index contributed by atoms with van der Waals surface area (Å²) in [5.41, 5.74) is 2.28. The minimum atomic E-state index is -0.979. The van der Waals surface area contributed by atoms with Crippen LogP contribution in [0.1, 0.15) is 38.2 Å². The van der Waals surface area contributed by atoms with Gasteiger partial charge in [-0.2, -0.15) is 0 Å². The van der Waals surface area contributed by atoms with Crippen LogP contribution in [-0.2, 0) is 0 Å². The molecule has 1 saturated carbocycles. The first-order chi connectivity index (χ1) is 13.6. The van der Waals surface area contributed by atoms with Crippen molar-refractivity contribution in [2.75, 3.05) is 6.61 Å². The zero-order valence-electron chi connectivity index (χ0n) is 15.7. The van der Waals surface area contributed by atoms with Crippen molar-refractivity contribution in [2.45, 2.75) is 32.6 Å². The highest BCUT2D eigenvalue weighted by Crippen LogP contribution is 2.53. The molecule has 5 rings (SSSR count). The molecule has 0 heterocycles. The molecule has 0 aliphatic heterocycles. The fourth-order valence-corrected chi connectivity index (χ4v) is 4.85. The lowest BCUT2D eigenvalue weighted by Crippen LogP contribution is -2.18. The number of hydrogen-bond acceptors (Lipinski definition) is 1. The van der Waals surface area contributed by atoms with Crippen molar-refractivity contribution in [1.29, 1.82) is 0 Å². The van der Waals surface area contributed by atoms with E-state index < -0.39 is 17.5 Å². The largest absolute Gasteiger partial charge is 0.491 e. The van der Waals surface area contributed by atoms with E-state index in [0.29, 0.717) is 29.6 Å². The van der Waals surface area contributed by atoms with Crippen molar-refractivity contribution in [3.63, 3.8) is 0 Å². The minimum Gasteiger partial charge on any atom is -0.491 e. The summed E-state index contributed by atoms with van der Waals surface area (Å²) in [4.78, 5) is 0. The quantitative estimate of drug-likeness (QED) is 0.478. The van der Waals surface area contributed by atoms with Gasteiger partial charge in [-0.05, 0) is 66.5 Å². The van der Waals surface area contributed by atoms with Gasteiger partial charge in [0.25, 0.3) is 0 Å². The normalized spacial score (nSPS) is 21.9. The zero-order chi connectivity index (χ0) is 19.4. The van der Waals surface area contributed by atoms with Gasteiger partial charge in [-0.1, -0.05) is 31.1 Å². The third kappa shape index (κ3) is 2.47. The van der Waals surface area contributed by atoms with Gasteiger partial charge in [0, 0.05) is 16.7 Å². The van der Waals surface area contributed by atoms with Crippen LogP contribution in [-0.4, -0.2) is 6.61 Å². The van der Waals surface area contributed by atoms with Crippen LogP contribution >= 0.6 is 0 Å². The van der Waals surface area contributed by atoms with Crippen LogP contribution in [0.3, 0.4) is 0 Å². The summed E-state index contributed by atoms with van der Waals surface area (Å²) in [5.74, 6) is -1.55. The van der Waals surface area contributed by atoms with E-state index in [2.05, 4.69) is 12.2 Å². The molecule has 4 heteroatoms. The van der Waals surface area contributed by atoms with Gasteiger partial charge in [0.15, 0.2) is 23.2 Å². The predicted molar refractivity (Wildman–Crippen MR) is 104 cm³/mol. The zero-order valence-corrected chi connectivity index (χ0v) is 15.7. The molecular weight excluding hydrogens is 361 g/mol. The summed E-state index contributed by atoms with van der Waals surface area (Å²) in [6.45, 7) is 2.06. The van der Waals surface area contributed by atoms with E-state index in [-0.39, 0.29) is 22.4 Å². The maximum atomic E-state index is 15.0. The van der Waals surface area contributed by atoms with Crippen LogP contribution in [0.25, 0.3) is 27.8 Å². The molecule has 1 nitrogen and oxygen atoms in total. The minimum absolute atomic E-state index is 0.0197. The van der Waals surface area contributed by atoms with Gasteiger partial charge in [-0.15, -0.1) is 0 Å². The Labute approximate surface area is 162 Å². The molecule has 144 valence electrons. The lowest BCUT2D eigenvalue weighted by atomic mass is 9.73. The van der Waals surface area contributed by atoms with E-state index in [0.717, 1.165) is 18.4 Å². The van der Waals surface area contributed by atoms with Crippen molar-refractivity contribution in [1.82, 2.24) is 0 Å². The average Bonchev–Trinajstić information content (AvgIpc) is 2.70. The number of hydrogen-bond donors (Lipinski definition) is 0. The second-order valence-electron chi connectivity index (χ2n) is 7.80. The summed E-state index contributed by atoms with van der Waals surface area (Å²) in [6.07, 6.45) is 10.8. The first kappa shape index (κ1) is 17.6. The number of rotatable bonds is 3. The molecule has 3 aliphatic rings. The molecular formula is C24H21F3O. The van der Waals surface area contributed by atoms with Crippen molar-refractivity contribution < 1.29 is 17.9 Å². The molecule has 0 N–H and O–H groups in total. The van der Waals surface area contributed by atoms with Gasteiger partial charge >= 0.3 is 0 Å². The predicted octanol–water partition coefficient (Wildman–Crippen LogP) is 6.91. The van der Waals surface area contributed by atoms with Crippen LogP contribution in [0.15, 0.2) is 36.4 Å². The third-order valence-electron chi connectivity index (χ3n) is 6.26. The van der Waals surface area contributed by atoms with E-state index in [1.165, 1.54) is 12.8 Å². The first-order valence-electron chi connectivity index (χ1n) is 9.98. The van der Waals surface area contributed by atoms with Gasteiger partial charge in [-0.3, -0.25) is 0 Å².